The van der Waals surface area contributed by atoms with Gasteiger partial charge in [0, 0.05) is 6.04 Å². The van der Waals surface area contributed by atoms with Gasteiger partial charge in [-0.1, -0.05) is 26.7 Å². The van der Waals surface area contributed by atoms with E-state index in [0.717, 1.165) is 19.3 Å². The van der Waals surface area contributed by atoms with E-state index in [2.05, 4.69) is 18.6 Å². The van der Waals surface area contributed by atoms with E-state index in [-0.39, 0.29) is 6.04 Å². The second-order valence-electron chi connectivity index (χ2n) is 4.50. The summed E-state index contributed by atoms with van der Waals surface area (Å²) in [5.41, 5.74) is 0. The Kier molecular flexibility index (Phi) is 6.59. The fraction of sp³-hybridized carbons (Fsp3) is 0.900. The molecule has 96 valence electrons. The largest absolute Gasteiger partial charge is 0.480 e. The number of aliphatic carboxylic acids is 1. The van der Waals surface area contributed by atoms with Gasteiger partial charge in [0.05, 0.1) is 0 Å². The minimum Gasteiger partial charge on any atom is -0.480 e. The van der Waals surface area contributed by atoms with Crippen molar-refractivity contribution in [1.82, 2.24) is 4.72 Å². The molecule has 0 saturated carbocycles. The quantitative estimate of drug-likeness (QED) is 0.679. The highest BCUT2D eigenvalue weighted by Gasteiger charge is 2.17. The lowest BCUT2D eigenvalue weighted by molar-refractivity contribution is -0.134. The first-order valence-corrected chi connectivity index (χ1v) is 7.10. The Morgan fingerprint density at radius 1 is 1.25 bits per heavy atom. The fourth-order valence-electron chi connectivity index (χ4n) is 1.40. The summed E-state index contributed by atoms with van der Waals surface area (Å²) in [6.07, 6.45) is 2.72. The predicted octanol–water partition coefficient (Wildman–Crippen LogP) is 1.21. The average Bonchev–Trinajstić information content (AvgIpc) is 1.98. The summed E-state index contributed by atoms with van der Waals surface area (Å²) in [5, 5.41) is 8.39. The van der Waals surface area contributed by atoms with Gasteiger partial charge in [0.1, 0.15) is 0 Å². The Bertz CT molecular complexity index is 311. The number of hydrogen-bond donors (Lipinski definition) is 2. The van der Waals surface area contributed by atoms with Crippen LogP contribution >= 0.6 is 0 Å². The SMILES string of the molecule is CC(C)CCCC(C)NS(=O)(=O)CC(=O)O. The second kappa shape index (κ2) is 6.85. The molecular formula is C10H21NO4S. The fourth-order valence-corrected chi connectivity index (χ4v) is 2.54. The molecule has 0 amide bonds. The van der Waals surface area contributed by atoms with Crippen molar-refractivity contribution in [2.24, 2.45) is 5.92 Å². The highest BCUT2D eigenvalue weighted by Crippen LogP contribution is 2.08. The molecule has 0 aliphatic rings. The van der Waals surface area contributed by atoms with E-state index in [1.165, 1.54) is 0 Å². The molecule has 0 rings (SSSR count). The summed E-state index contributed by atoms with van der Waals surface area (Å²) < 4.78 is 24.9. The minimum absolute atomic E-state index is 0.205. The first kappa shape index (κ1) is 15.4. The number of hydrogen-bond acceptors (Lipinski definition) is 3. The first-order valence-electron chi connectivity index (χ1n) is 5.44. The Labute approximate surface area is 97.3 Å². The summed E-state index contributed by atoms with van der Waals surface area (Å²) in [6, 6.07) is -0.205. The third kappa shape index (κ3) is 8.67. The van der Waals surface area contributed by atoms with E-state index in [0.29, 0.717) is 5.92 Å². The maximum Gasteiger partial charge on any atom is 0.320 e. The average molecular weight is 251 g/mol. The molecule has 0 aromatic carbocycles. The van der Waals surface area contributed by atoms with Gasteiger partial charge in [0.25, 0.3) is 0 Å². The smallest absolute Gasteiger partial charge is 0.320 e. The Hall–Kier alpha value is -0.620. The maximum atomic E-state index is 11.3. The van der Waals surface area contributed by atoms with Crippen molar-refractivity contribution in [2.45, 2.75) is 46.1 Å². The molecule has 0 fully saturated rings. The van der Waals surface area contributed by atoms with Gasteiger partial charge >= 0.3 is 5.97 Å². The van der Waals surface area contributed by atoms with Gasteiger partial charge in [-0.25, -0.2) is 13.1 Å². The van der Waals surface area contributed by atoms with E-state index in [1.54, 1.807) is 6.92 Å². The highest BCUT2D eigenvalue weighted by molar-refractivity contribution is 7.90. The summed E-state index contributed by atoms with van der Waals surface area (Å²) in [6.45, 7) is 5.97. The molecule has 0 aromatic rings. The van der Waals surface area contributed by atoms with Crippen molar-refractivity contribution in [1.29, 1.82) is 0 Å². The lowest BCUT2D eigenvalue weighted by Crippen LogP contribution is -2.36. The monoisotopic (exact) mass is 251 g/mol. The molecule has 0 aliphatic carbocycles. The van der Waals surface area contributed by atoms with Crippen LogP contribution < -0.4 is 4.72 Å². The molecule has 0 radical (unpaired) electrons. The third-order valence-electron chi connectivity index (χ3n) is 2.11. The maximum absolute atomic E-state index is 11.3. The van der Waals surface area contributed by atoms with Gasteiger partial charge in [-0.2, -0.15) is 0 Å². The first-order chi connectivity index (χ1) is 7.23. The number of carbonyl (C=O) groups is 1. The molecule has 5 nitrogen and oxygen atoms in total. The van der Waals surface area contributed by atoms with Crippen LogP contribution in [0, 0.1) is 5.92 Å². The summed E-state index contributed by atoms with van der Waals surface area (Å²) >= 11 is 0. The molecule has 2 N–H and O–H groups in total. The second-order valence-corrected chi connectivity index (χ2v) is 6.25. The standard InChI is InChI=1S/C10H21NO4S/c1-8(2)5-4-6-9(3)11-16(14,15)7-10(12)13/h8-9,11H,4-7H2,1-3H3,(H,12,13). The number of sulfonamides is 1. The highest BCUT2D eigenvalue weighted by atomic mass is 32.2. The number of carboxylic acids is 1. The molecule has 0 saturated heterocycles. The van der Waals surface area contributed by atoms with Crippen LogP contribution in [0.5, 0.6) is 0 Å². The molecule has 6 heteroatoms. The lowest BCUT2D eigenvalue weighted by atomic mass is 10.0. The topological polar surface area (TPSA) is 83.5 Å². The normalized spacial score (nSPS) is 14.0. The molecule has 0 spiro atoms. The van der Waals surface area contributed by atoms with Crippen LogP contribution in [-0.2, 0) is 14.8 Å². The van der Waals surface area contributed by atoms with Crippen LogP contribution in [0.3, 0.4) is 0 Å². The van der Waals surface area contributed by atoms with Crippen LogP contribution in [0.15, 0.2) is 0 Å². The van der Waals surface area contributed by atoms with E-state index in [4.69, 9.17) is 5.11 Å². The molecule has 0 aliphatic heterocycles. The number of rotatable bonds is 8. The van der Waals surface area contributed by atoms with Gasteiger partial charge in [-0.3, -0.25) is 4.79 Å². The zero-order valence-corrected chi connectivity index (χ0v) is 10.9. The Morgan fingerprint density at radius 2 is 1.81 bits per heavy atom. The molecule has 0 aromatic heterocycles. The van der Waals surface area contributed by atoms with Crippen LogP contribution in [-0.4, -0.2) is 31.3 Å². The number of nitrogens with one attached hydrogen (secondary N) is 1. The molecule has 16 heavy (non-hydrogen) atoms. The summed E-state index contributed by atoms with van der Waals surface area (Å²) in [4.78, 5) is 10.3. The number of carboxylic acid groups (broad SMARTS) is 1. The van der Waals surface area contributed by atoms with Crippen molar-refractivity contribution >= 4 is 16.0 Å². The van der Waals surface area contributed by atoms with E-state index in [1.807, 2.05) is 0 Å². The Morgan fingerprint density at radius 3 is 2.25 bits per heavy atom. The van der Waals surface area contributed by atoms with Gasteiger partial charge in [0.15, 0.2) is 5.75 Å². The van der Waals surface area contributed by atoms with Crippen LogP contribution in [0.25, 0.3) is 0 Å². The summed E-state index contributed by atoms with van der Waals surface area (Å²) in [5.74, 6) is -1.59. The van der Waals surface area contributed by atoms with Crippen LogP contribution in [0.1, 0.15) is 40.0 Å². The van der Waals surface area contributed by atoms with E-state index >= 15 is 0 Å². The van der Waals surface area contributed by atoms with Crippen molar-refractivity contribution in [3.63, 3.8) is 0 Å². The van der Waals surface area contributed by atoms with Crippen LogP contribution in [0.2, 0.25) is 0 Å². The van der Waals surface area contributed by atoms with Crippen molar-refractivity contribution in [3.05, 3.63) is 0 Å². The predicted molar refractivity (Wildman–Crippen MR) is 62.7 cm³/mol. The van der Waals surface area contributed by atoms with Gasteiger partial charge in [-0.15, -0.1) is 0 Å². The molecule has 0 heterocycles. The van der Waals surface area contributed by atoms with Gasteiger partial charge in [0.2, 0.25) is 10.0 Å². The van der Waals surface area contributed by atoms with Crippen molar-refractivity contribution in [2.75, 3.05) is 5.75 Å². The Balaban J connectivity index is 3.95. The lowest BCUT2D eigenvalue weighted by Gasteiger charge is -2.13. The van der Waals surface area contributed by atoms with E-state index in [9.17, 15) is 13.2 Å². The van der Waals surface area contributed by atoms with Gasteiger partial charge in [-0.05, 0) is 19.3 Å². The zero-order chi connectivity index (χ0) is 12.8. The molecular weight excluding hydrogens is 230 g/mol. The summed E-state index contributed by atoms with van der Waals surface area (Å²) in [7, 11) is -3.68. The zero-order valence-electron chi connectivity index (χ0n) is 10.1. The third-order valence-corrected chi connectivity index (χ3v) is 3.50. The van der Waals surface area contributed by atoms with Crippen LogP contribution in [0.4, 0.5) is 0 Å². The van der Waals surface area contributed by atoms with Crippen molar-refractivity contribution in [3.8, 4) is 0 Å². The molecule has 0 bridgehead atoms. The van der Waals surface area contributed by atoms with Crippen molar-refractivity contribution < 1.29 is 18.3 Å². The van der Waals surface area contributed by atoms with Gasteiger partial charge < -0.3 is 5.11 Å². The molecule has 1 atom stereocenters. The molecule has 1 unspecified atom stereocenters. The minimum atomic E-state index is -3.68. The van der Waals surface area contributed by atoms with E-state index < -0.39 is 21.7 Å².